The summed E-state index contributed by atoms with van der Waals surface area (Å²) >= 11 is 0. The zero-order chi connectivity index (χ0) is 15.4. The van der Waals surface area contributed by atoms with Crippen molar-refractivity contribution >= 4 is 11.6 Å². The van der Waals surface area contributed by atoms with Crippen LogP contribution in [-0.2, 0) is 10.2 Å². The van der Waals surface area contributed by atoms with Gasteiger partial charge < -0.3 is 20.1 Å². The minimum absolute atomic E-state index is 0.0688. The first-order valence-corrected chi connectivity index (χ1v) is 7.83. The summed E-state index contributed by atoms with van der Waals surface area (Å²) < 4.78 is 10.9. The second-order valence-corrected chi connectivity index (χ2v) is 6.22. The Morgan fingerprint density at radius 1 is 1.09 bits per heavy atom. The van der Waals surface area contributed by atoms with Gasteiger partial charge in [0, 0.05) is 5.69 Å². The van der Waals surface area contributed by atoms with E-state index in [-0.39, 0.29) is 18.7 Å². The number of hydrogen-bond donors (Lipinski definition) is 2. The second-order valence-electron chi connectivity index (χ2n) is 6.22. The highest BCUT2D eigenvalue weighted by molar-refractivity contribution is 6.07. The minimum Gasteiger partial charge on any atom is -0.454 e. The molecule has 2 unspecified atom stereocenters. The molecule has 0 bridgehead atoms. The van der Waals surface area contributed by atoms with Gasteiger partial charge in [-0.25, -0.2) is 0 Å². The van der Waals surface area contributed by atoms with Crippen molar-refractivity contribution in [3.05, 3.63) is 53.6 Å². The minimum atomic E-state index is -0.551. The molecule has 3 heterocycles. The van der Waals surface area contributed by atoms with Crippen molar-refractivity contribution in [1.82, 2.24) is 5.32 Å². The zero-order valence-electron chi connectivity index (χ0n) is 12.5. The molecule has 5 nitrogen and oxygen atoms in total. The molecule has 1 spiro atoms. The van der Waals surface area contributed by atoms with E-state index in [4.69, 9.17) is 9.47 Å². The molecule has 1 fully saturated rings. The number of fused-ring (bicyclic) bond motifs is 3. The van der Waals surface area contributed by atoms with Crippen LogP contribution in [0, 0.1) is 0 Å². The first-order valence-electron chi connectivity index (χ1n) is 7.83. The number of amides is 1. The lowest BCUT2D eigenvalue weighted by Crippen LogP contribution is -2.39. The third-order valence-corrected chi connectivity index (χ3v) is 5.15. The molecule has 5 rings (SSSR count). The molecule has 3 aliphatic rings. The van der Waals surface area contributed by atoms with Gasteiger partial charge in [-0.1, -0.05) is 24.3 Å². The molecular formula is C18H16N2O3. The van der Waals surface area contributed by atoms with Gasteiger partial charge in [0.15, 0.2) is 11.5 Å². The number of nitrogens with one attached hydrogen (secondary N) is 2. The van der Waals surface area contributed by atoms with E-state index in [1.807, 2.05) is 36.4 Å². The van der Waals surface area contributed by atoms with Crippen molar-refractivity contribution in [2.45, 2.75) is 17.9 Å². The number of benzene rings is 2. The van der Waals surface area contributed by atoms with Crippen LogP contribution in [0.5, 0.6) is 11.5 Å². The van der Waals surface area contributed by atoms with Crippen molar-refractivity contribution in [1.29, 1.82) is 0 Å². The predicted molar refractivity (Wildman–Crippen MR) is 84.7 cm³/mol. The van der Waals surface area contributed by atoms with E-state index in [1.54, 1.807) is 0 Å². The fourth-order valence-corrected chi connectivity index (χ4v) is 4.10. The summed E-state index contributed by atoms with van der Waals surface area (Å²) in [7, 11) is 0. The lowest BCUT2D eigenvalue weighted by molar-refractivity contribution is -0.121. The van der Waals surface area contributed by atoms with E-state index in [0.717, 1.165) is 41.3 Å². The van der Waals surface area contributed by atoms with E-state index in [0.29, 0.717) is 0 Å². The third-order valence-electron chi connectivity index (χ3n) is 5.15. The molecule has 2 N–H and O–H groups in total. The fraction of sp³-hybridized carbons (Fsp3) is 0.278. The highest BCUT2D eigenvalue weighted by atomic mass is 16.7. The van der Waals surface area contributed by atoms with Gasteiger partial charge in [-0.15, -0.1) is 0 Å². The molecule has 0 aliphatic carbocycles. The van der Waals surface area contributed by atoms with E-state index in [2.05, 4.69) is 16.7 Å². The number of carbonyl (C=O) groups is 1. The Hall–Kier alpha value is -2.53. The average Bonchev–Trinajstić information content (AvgIpc) is 3.27. The van der Waals surface area contributed by atoms with E-state index in [1.165, 1.54) is 0 Å². The normalized spacial score (nSPS) is 27.3. The molecule has 2 aromatic carbocycles. The largest absolute Gasteiger partial charge is 0.454 e. The number of hydrogen-bond acceptors (Lipinski definition) is 4. The first kappa shape index (κ1) is 13.0. The number of carbonyl (C=O) groups excluding carboxylic acids is 1. The van der Waals surface area contributed by atoms with Gasteiger partial charge in [0.1, 0.15) is 0 Å². The quantitative estimate of drug-likeness (QED) is 0.849. The lowest BCUT2D eigenvalue weighted by atomic mass is 9.73. The standard InChI is InChI=1S/C18H16N2O3/c21-17-18(12-3-1-2-4-13(12)20-17)7-8-19-16(18)11-5-6-14-15(9-11)23-10-22-14/h1-6,9,16,19H,7-8,10H2,(H,20,21). The van der Waals surface area contributed by atoms with Crippen molar-refractivity contribution in [3.63, 3.8) is 0 Å². The van der Waals surface area contributed by atoms with Crippen molar-refractivity contribution in [2.75, 3.05) is 18.7 Å². The maximum absolute atomic E-state index is 12.9. The molecule has 5 heteroatoms. The van der Waals surface area contributed by atoms with Crippen LogP contribution in [0.1, 0.15) is 23.6 Å². The van der Waals surface area contributed by atoms with Crippen LogP contribution in [0.15, 0.2) is 42.5 Å². The molecular weight excluding hydrogens is 292 g/mol. The fourth-order valence-electron chi connectivity index (χ4n) is 4.10. The lowest BCUT2D eigenvalue weighted by Gasteiger charge is -2.29. The molecule has 116 valence electrons. The molecule has 23 heavy (non-hydrogen) atoms. The van der Waals surface area contributed by atoms with Crippen LogP contribution in [0.3, 0.4) is 0 Å². The Bertz CT molecular complexity index is 820. The van der Waals surface area contributed by atoms with Gasteiger partial charge in [-0.05, 0) is 42.3 Å². The first-order chi connectivity index (χ1) is 11.3. The van der Waals surface area contributed by atoms with Crippen molar-refractivity contribution < 1.29 is 14.3 Å². The highest BCUT2D eigenvalue weighted by Gasteiger charge is 2.55. The Labute approximate surface area is 133 Å². The maximum atomic E-state index is 12.9. The summed E-state index contributed by atoms with van der Waals surface area (Å²) in [4.78, 5) is 12.9. The van der Waals surface area contributed by atoms with Crippen LogP contribution in [0.25, 0.3) is 0 Å². The smallest absolute Gasteiger partial charge is 0.237 e. The molecule has 0 saturated carbocycles. The van der Waals surface area contributed by atoms with Gasteiger partial charge >= 0.3 is 0 Å². The Morgan fingerprint density at radius 3 is 2.91 bits per heavy atom. The molecule has 1 saturated heterocycles. The monoisotopic (exact) mass is 308 g/mol. The van der Waals surface area contributed by atoms with Crippen LogP contribution in [0.4, 0.5) is 5.69 Å². The topological polar surface area (TPSA) is 59.6 Å². The van der Waals surface area contributed by atoms with Crippen molar-refractivity contribution in [3.8, 4) is 11.5 Å². The molecule has 0 radical (unpaired) electrons. The summed E-state index contributed by atoms with van der Waals surface area (Å²) in [6, 6.07) is 13.8. The summed E-state index contributed by atoms with van der Waals surface area (Å²) in [5, 5.41) is 6.56. The third kappa shape index (κ3) is 1.63. The summed E-state index contributed by atoms with van der Waals surface area (Å²) in [6.45, 7) is 1.06. The predicted octanol–water partition coefficient (Wildman–Crippen LogP) is 2.34. The number of ether oxygens (including phenoxy) is 2. The van der Waals surface area contributed by atoms with Gasteiger partial charge in [0.2, 0.25) is 12.7 Å². The highest BCUT2D eigenvalue weighted by Crippen LogP contribution is 2.51. The molecule has 0 aromatic heterocycles. The van der Waals surface area contributed by atoms with Crippen LogP contribution >= 0.6 is 0 Å². The van der Waals surface area contributed by atoms with E-state index >= 15 is 0 Å². The van der Waals surface area contributed by atoms with Crippen LogP contribution in [-0.4, -0.2) is 19.2 Å². The van der Waals surface area contributed by atoms with E-state index in [9.17, 15) is 4.79 Å². The Balaban J connectivity index is 1.65. The SMILES string of the molecule is O=C1Nc2ccccc2C12CCNC2c1ccc2c(c1)OCO2. The van der Waals surface area contributed by atoms with Crippen molar-refractivity contribution in [2.24, 2.45) is 0 Å². The summed E-state index contributed by atoms with van der Waals surface area (Å²) in [6.07, 6.45) is 0.787. The zero-order valence-corrected chi connectivity index (χ0v) is 12.5. The molecule has 2 atom stereocenters. The Morgan fingerprint density at radius 2 is 1.96 bits per heavy atom. The number of anilines is 1. The number of rotatable bonds is 1. The van der Waals surface area contributed by atoms with Gasteiger partial charge in [-0.2, -0.15) is 0 Å². The number of para-hydroxylation sites is 1. The van der Waals surface area contributed by atoms with E-state index < -0.39 is 5.41 Å². The van der Waals surface area contributed by atoms with Gasteiger partial charge in [0.05, 0.1) is 11.5 Å². The second kappa shape index (κ2) is 4.49. The Kier molecular flexibility index (Phi) is 2.53. The summed E-state index contributed by atoms with van der Waals surface area (Å²) in [5.41, 5.74) is 2.51. The summed E-state index contributed by atoms with van der Waals surface area (Å²) in [5.74, 6) is 1.58. The maximum Gasteiger partial charge on any atom is 0.237 e. The van der Waals surface area contributed by atoms with Crippen LogP contribution in [0.2, 0.25) is 0 Å². The van der Waals surface area contributed by atoms with Crippen LogP contribution < -0.4 is 20.1 Å². The molecule has 2 aromatic rings. The van der Waals surface area contributed by atoms with Gasteiger partial charge in [-0.3, -0.25) is 4.79 Å². The molecule has 1 amide bonds. The van der Waals surface area contributed by atoms with Gasteiger partial charge in [0.25, 0.3) is 0 Å². The molecule has 3 aliphatic heterocycles. The average molecular weight is 308 g/mol.